The van der Waals surface area contributed by atoms with Gasteiger partial charge in [0.2, 0.25) is 0 Å². The SMILES string of the molecule is O=c1ccc2cc(S(=O)(=O)Nc3ccon3)ccc2n1-c1c(F)cccc1F. The van der Waals surface area contributed by atoms with Crippen LogP contribution in [-0.4, -0.2) is 18.1 Å². The second kappa shape index (κ2) is 6.57. The van der Waals surface area contributed by atoms with Crippen molar-refractivity contribution in [3.05, 3.63) is 82.8 Å². The minimum Gasteiger partial charge on any atom is -0.363 e. The first-order chi connectivity index (χ1) is 13.4. The molecule has 0 fully saturated rings. The maximum Gasteiger partial charge on any atom is 0.263 e. The van der Waals surface area contributed by atoms with Gasteiger partial charge in [0.05, 0.1) is 10.4 Å². The van der Waals surface area contributed by atoms with E-state index in [1.54, 1.807) is 0 Å². The molecule has 7 nitrogen and oxygen atoms in total. The van der Waals surface area contributed by atoms with Gasteiger partial charge in [-0.3, -0.25) is 14.1 Å². The highest BCUT2D eigenvalue weighted by Gasteiger charge is 2.19. The van der Waals surface area contributed by atoms with Crippen molar-refractivity contribution in [2.75, 3.05) is 4.72 Å². The quantitative estimate of drug-likeness (QED) is 0.565. The molecule has 142 valence electrons. The van der Waals surface area contributed by atoms with E-state index in [0.717, 1.165) is 22.8 Å². The maximum atomic E-state index is 14.2. The molecule has 10 heteroatoms. The van der Waals surface area contributed by atoms with E-state index >= 15 is 0 Å². The molecule has 0 aliphatic rings. The molecule has 0 aliphatic heterocycles. The van der Waals surface area contributed by atoms with Crippen molar-refractivity contribution in [1.29, 1.82) is 0 Å². The molecular formula is C18H11F2N3O4S. The Morgan fingerprint density at radius 2 is 1.75 bits per heavy atom. The van der Waals surface area contributed by atoms with Gasteiger partial charge in [-0.05, 0) is 36.4 Å². The van der Waals surface area contributed by atoms with Crippen molar-refractivity contribution in [2.24, 2.45) is 0 Å². The number of hydrogen-bond acceptors (Lipinski definition) is 5. The van der Waals surface area contributed by atoms with Gasteiger partial charge in [0.15, 0.2) is 5.82 Å². The standard InChI is InChI=1S/C18H11F2N3O4S/c19-13-2-1-3-14(20)18(13)23-15-6-5-12(10-11(15)4-7-17(23)24)28(25,26)22-16-8-9-27-21-16/h1-10H,(H,21,22). The number of benzene rings is 2. The Bertz CT molecular complexity index is 1330. The lowest BCUT2D eigenvalue weighted by atomic mass is 10.2. The largest absolute Gasteiger partial charge is 0.363 e. The number of halogens is 2. The topological polar surface area (TPSA) is 94.2 Å². The highest BCUT2D eigenvalue weighted by Crippen LogP contribution is 2.24. The fourth-order valence-electron chi connectivity index (χ4n) is 2.79. The number of pyridine rings is 1. The van der Waals surface area contributed by atoms with Crippen LogP contribution >= 0.6 is 0 Å². The number of para-hydroxylation sites is 1. The summed E-state index contributed by atoms with van der Waals surface area (Å²) in [4.78, 5) is 12.2. The molecule has 2 aromatic heterocycles. The van der Waals surface area contributed by atoms with Crippen molar-refractivity contribution in [1.82, 2.24) is 9.72 Å². The molecule has 2 aromatic carbocycles. The molecule has 4 rings (SSSR count). The van der Waals surface area contributed by atoms with E-state index in [-0.39, 0.29) is 16.2 Å². The van der Waals surface area contributed by atoms with Crippen LogP contribution in [0.15, 0.2) is 75.1 Å². The molecule has 0 atom stereocenters. The predicted molar refractivity (Wildman–Crippen MR) is 96.8 cm³/mol. The van der Waals surface area contributed by atoms with Crippen molar-refractivity contribution in [3.63, 3.8) is 0 Å². The Morgan fingerprint density at radius 3 is 2.43 bits per heavy atom. The fraction of sp³-hybridized carbons (Fsp3) is 0. The molecule has 4 aromatic rings. The molecule has 0 radical (unpaired) electrons. The predicted octanol–water partition coefficient (Wildman–Crippen LogP) is 3.06. The van der Waals surface area contributed by atoms with E-state index in [1.807, 2.05) is 0 Å². The molecule has 1 N–H and O–H groups in total. The average Bonchev–Trinajstić information content (AvgIpc) is 3.15. The first-order valence-electron chi connectivity index (χ1n) is 7.90. The molecule has 0 saturated carbocycles. The van der Waals surface area contributed by atoms with E-state index in [0.29, 0.717) is 5.39 Å². The second-order valence-electron chi connectivity index (χ2n) is 5.79. The first kappa shape index (κ1) is 17.9. The van der Waals surface area contributed by atoms with Crippen LogP contribution in [0.3, 0.4) is 0 Å². The number of nitrogens with zero attached hydrogens (tertiary/aromatic N) is 2. The zero-order chi connectivity index (χ0) is 19.9. The van der Waals surface area contributed by atoms with Crippen LogP contribution in [0, 0.1) is 11.6 Å². The minimum atomic E-state index is -3.99. The molecule has 2 heterocycles. The minimum absolute atomic E-state index is 0.00139. The third kappa shape index (κ3) is 3.03. The van der Waals surface area contributed by atoms with Gasteiger partial charge in [-0.1, -0.05) is 11.2 Å². The van der Waals surface area contributed by atoms with E-state index in [2.05, 4.69) is 14.4 Å². The molecule has 0 spiro atoms. The Hall–Kier alpha value is -3.53. The lowest BCUT2D eigenvalue weighted by Gasteiger charge is -2.13. The van der Waals surface area contributed by atoms with Crippen molar-refractivity contribution in [3.8, 4) is 5.69 Å². The van der Waals surface area contributed by atoms with Gasteiger partial charge in [-0.25, -0.2) is 17.2 Å². The van der Waals surface area contributed by atoms with Gasteiger partial charge in [-0.15, -0.1) is 0 Å². The molecule has 0 aliphatic carbocycles. The van der Waals surface area contributed by atoms with E-state index in [9.17, 15) is 22.0 Å². The highest BCUT2D eigenvalue weighted by molar-refractivity contribution is 7.92. The van der Waals surface area contributed by atoms with E-state index in [1.165, 1.54) is 42.7 Å². The van der Waals surface area contributed by atoms with Crippen LogP contribution in [0.5, 0.6) is 0 Å². The highest BCUT2D eigenvalue weighted by atomic mass is 32.2. The van der Waals surface area contributed by atoms with Crippen LogP contribution < -0.4 is 10.3 Å². The van der Waals surface area contributed by atoms with Crippen LogP contribution in [0.4, 0.5) is 14.6 Å². The summed E-state index contributed by atoms with van der Waals surface area (Å²) in [6.45, 7) is 0. The van der Waals surface area contributed by atoms with Crippen LogP contribution in [0.1, 0.15) is 0 Å². The summed E-state index contributed by atoms with van der Waals surface area (Å²) >= 11 is 0. The third-order valence-corrected chi connectivity index (χ3v) is 5.37. The van der Waals surface area contributed by atoms with Gasteiger partial charge < -0.3 is 4.52 Å². The van der Waals surface area contributed by atoms with E-state index < -0.39 is 32.9 Å². The Balaban J connectivity index is 1.89. The lowest BCUT2D eigenvalue weighted by molar-refractivity contribution is 0.423. The normalized spacial score (nSPS) is 11.6. The number of fused-ring (bicyclic) bond motifs is 1. The zero-order valence-corrected chi connectivity index (χ0v) is 14.8. The first-order valence-corrected chi connectivity index (χ1v) is 9.38. The lowest BCUT2D eigenvalue weighted by Crippen LogP contribution is -2.20. The van der Waals surface area contributed by atoms with Crippen molar-refractivity contribution < 1.29 is 21.7 Å². The Morgan fingerprint density at radius 1 is 1.00 bits per heavy atom. The summed E-state index contributed by atoms with van der Waals surface area (Å²) in [6.07, 6.45) is 1.21. The van der Waals surface area contributed by atoms with Crippen LogP contribution in [0.25, 0.3) is 16.6 Å². The second-order valence-corrected chi connectivity index (χ2v) is 7.47. The Kier molecular flexibility index (Phi) is 4.19. The molecule has 28 heavy (non-hydrogen) atoms. The van der Waals surface area contributed by atoms with Crippen molar-refractivity contribution >= 4 is 26.7 Å². The molecule has 0 bridgehead atoms. The number of anilines is 1. The summed E-state index contributed by atoms with van der Waals surface area (Å²) in [5, 5.41) is 3.78. The summed E-state index contributed by atoms with van der Waals surface area (Å²) in [6, 6.07) is 10.9. The monoisotopic (exact) mass is 403 g/mol. The molecule has 0 unspecified atom stereocenters. The van der Waals surface area contributed by atoms with Gasteiger partial charge in [0.25, 0.3) is 15.6 Å². The maximum absolute atomic E-state index is 14.2. The van der Waals surface area contributed by atoms with Crippen molar-refractivity contribution in [2.45, 2.75) is 4.90 Å². The van der Waals surface area contributed by atoms with Gasteiger partial charge in [0.1, 0.15) is 23.6 Å². The number of rotatable bonds is 4. The van der Waals surface area contributed by atoms with Crippen LogP contribution in [-0.2, 0) is 10.0 Å². The fourth-order valence-corrected chi connectivity index (χ4v) is 3.81. The summed E-state index contributed by atoms with van der Waals surface area (Å²) < 4.78 is 61.1. The summed E-state index contributed by atoms with van der Waals surface area (Å²) in [5.41, 5.74) is -1.04. The number of nitrogens with one attached hydrogen (secondary N) is 1. The molecule has 0 amide bonds. The average molecular weight is 403 g/mol. The number of aromatic nitrogens is 2. The Labute approximate surface area is 156 Å². The van der Waals surface area contributed by atoms with E-state index in [4.69, 9.17) is 0 Å². The number of sulfonamides is 1. The smallest absolute Gasteiger partial charge is 0.263 e. The zero-order valence-electron chi connectivity index (χ0n) is 14.0. The third-order valence-electron chi connectivity index (χ3n) is 4.01. The molecular weight excluding hydrogens is 392 g/mol. The number of hydrogen-bond donors (Lipinski definition) is 1. The van der Waals surface area contributed by atoms with Crippen LogP contribution in [0.2, 0.25) is 0 Å². The van der Waals surface area contributed by atoms with Gasteiger partial charge >= 0.3 is 0 Å². The summed E-state index contributed by atoms with van der Waals surface area (Å²) in [5.74, 6) is -1.84. The molecule has 0 saturated heterocycles. The van der Waals surface area contributed by atoms with Gasteiger partial charge in [-0.2, -0.15) is 0 Å². The van der Waals surface area contributed by atoms with Gasteiger partial charge in [0, 0.05) is 17.5 Å². The summed E-state index contributed by atoms with van der Waals surface area (Å²) in [7, 11) is -3.99.